The Morgan fingerprint density at radius 3 is 2.39 bits per heavy atom. The number of ether oxygens (including phenoxy) is 2. The molecule has 0 heterocycles. The van der Waals surface area contributed by atoms with Crippen LogP contribution in [0.4, 0.5) is 10.5 Å². The second-order valence-electron chi connectivity index (χ2n) is 7.27. The number of anilines is 1. The first-order chi connectivity index (χ1) is 16.0. The van der Waals surface area contributed by atoms with Gasteiger partial charge in [0, 0.05) is 29.8 Å². The first-order valence-corrected chi connectivity index (χ1v) is 10.4. The molecule has 33 heavy (non-hydrogen) atoms. The number of rotatable bonds is 9. The zero-order chi connectivity index (χ0) is 23.6. The molecule has 2 atom stereocenters. The summed E-state index contributed by atoms with van der Waals surface area (Å²) in [6, 6.07) is 19.5. The van der Waals surface area contributed by atoms with Crippen LogP contribution in [0.15, 0.2) is 78.9 Å². The second-order valence-corrected chi connectivity index (χ2v) is 7.27. The monoisotopic (exact) mass is 450 g/mol. The van der Waals surface area contributed by atoms with E-state index in [0.29, 0.717) is 29.5 Å². The van der Waals surface area contributed by atoms with Gasteiger partial charge in [0.15, 0.2) is 6.10 Å². The molecule has 0 bridgehead atoms. The van der Waals surface area contributed by atoms with Crippen molar-refractivity contribution < 1.29 is 29.4 Å². The number of methoxy groups -OCH3 is 1. The number of phenols is 1. The Morgan fingerprint density at radius 1 is 1.00 bits per heavy atom. The molecule has 3 aromatic carbocycles. The van der Waals surface area contributed by atoms with E-state index in [9.17, 15) is 14.7 Å². The standard InChI is InChI=1S/C25H26N2O6/c1-32-22(13-7-8-14-23(29)27-31)24(33-25(30)26-17-9-3-2-4-10-17)20-15-16-21(28)19-12-6-5-11-18(19)20/h2-6,8-12,14-16,22,24,28,31H,7,13H2,1H3,(H,26,30)(H,27,29)/b14-8+/t22-,24-/m0/s1. The predicted molar refractivity (Wildman–Crippen MR) is 124 cm³/mol. The summed E-state index contributed by atoms with van der Waals surface area (Å²) in [5.41, 5.74) is 2.80. The summed E-state index contributed by atoms with van der Waals surface area (Å²) in [5.74, 6) is -0.516. The summed E-state index contributed by atoms with van der Waals surface area (Å²) in [5, 5.41) is 23.0. The van der Waals surface area contributed by atoms with Crippen LogP contribution in [-0.4, -0.2) is 35.5 Å². The Labute approximate surface area is 191 Å². The average Bonchev–Trinajstić information content (AvgIpc) is 2.84. The van der Waals surface area contributed by atoms with Gasteiger partial charge in [0.2, 0.25) is 0 Å². The summed E-state index contributed by atoms with van der Waals surface area (Å²) in [6.07, 6.45) is 1.65. The molecule has 0 aliphatic carbocycles. The van der Waals surface area contributed by atoms with Crippen LogP contribution in [0, 0.1) is 0 Å². The van der Waals surface area contributed by atoms with Crippen LogP contribution in [-0.2, 0) is 14.3 Å². The number of phenolic OH excluding ortho intramolecular Hbond substituents is 1. The minimum absolute atomic E-state index is 0.119. The molecule has 0 aliphatic heterocycles. The van der Waals surface area contributed by atoms with Crippen molar-refractivity contribution in [3.8, 4) is 5.75 Å². The van der Waals surface area contributed by atoms with Gasteiger partial charge in [0.1, 0.15) is 5.75 Å². The Morgan fingerprint density at radius 2 is 1.70 bits per heavy atom. The van der Waals surface area contributed by atoms with Crippen molar-refractivity contribution in [3.05, 3.63) is 84.4 Å². The lowest BCUT2D eigenvalue weighted by Gasteiger charge is -2.27. The van der Waals surface area contributed by atoms with Crippen molar-refractivity contribution in [2.24, 2.45) is 0 Å². The molecular formula is C25H26N2O6. The van der Waals surface area contributed by atoms with E-state index in [4.69, 9.17) is 14.7 Å². The number of amides is 2. The first-order valence-electron chi connectivity index (χ1n) is 10.4. The lowest BCUT2D eigenvalue weighted by Crippen LogP contribution is -2.28. The number of hydrogen-bond donors (Lipinski definition) is 4. The largest absolute Gasteiger partial charge is 0.507 e. The van der Waals surface area contributed by atoms with E-state index in [0.717, 1.165) is 5.39 Å². The molecule has 0 aliphatic rings. The highest BCUT2D eigenvalue weighted by Gasteiger charge is 2.29. The van der Waals surface area contributed by atoms with E-state index in [2.05, 4.69) is 5.32 Å². The van der Waals surface area contributed by atoms with Crippen LogP contribution < -0.4 is 10.8 Å². The van der Waals surface area contributed by atoms with Crippen LogP contribution in [0.3, 0.4) is 0 Å². The molecule has 2 amide bonds. The van der Waals surface area contributed by atoms with Crippen molar-refractivity contribution in [1.82, 2.24) is 5.48 Å². The quantitative estimate of drug-likeness (QED) is 0.213. The average molecular weight is 450 g/mol. The first kappa shape index (κ1) is 23.8. The minimum Gasteiger partial charge on any atom is -0.507 e. The van der Waals surface area contributed by atoms with Gasteiger partial charge in [-0.15, -0.1) is 0 Å². The number of carbonyl (C=O) groups excluding carboxylic acids is 2. The molecule has 0 unspecified atom stereocenters. The Bertz CT molecular complexity index is 1120. The predicted octanol–water partition coefficient (Wildman–Crippen LogP) is 4.69. The van der Waals surface area contributed by atoms with Gasteiger partial charge >= 0.3 is 6.09 Å². The van der Waals surface area contributed by atoms with Crippen LogP contribution in [0.5, 0.6) is 5.75 Å². The SMILES string of the molecule is CO[C@@H](CC/C=C/C(=O)NO)[C@@H](OC(=O)Nc1ccccc1)c1ccc(O)c2ccccc12. The third kappa shape index (κ3) is 6.31. The van der Waals surface area contributed by atoms with Crippen molar-refractivity contribution >= 4 is 28.5 Å². The number of fused-ring (bicyclic) bond motifs is 1. The molecule has 0 radical (unpaired) electrons. The zero-order valence-electron chi connectivity index (χ0n) is 18.1. The number of carbonyl (C=O) groups is 2. The van der Waals surface area contributed by atoms with Crippen molar-refractivity contribution in [2.45, 2.75) is 25.0 Å². The van der Waals surface area contributed by atoms with Crippen molar-refractivity contribution in [1.29, 1.82) is 0 Å². The summed E-state index contributed by atoms with van der Waals surface area (Å²) in [7, 11) is 1.52. The number of aromatic hydroxyl groups is 1. The van der Waals surface area contributed by atoms with Gasteiger partial charge in [0.25, 0.3) is 5.91 Å². The fraction of sp³-hybridized carbons (Fsp3) is 0.200. The fourth-order valence-electron chi connectivity index (χ4n) is 3.56. The maximum absolute atomic E-state index is 12.7. The second kappa shape index (κ2) is 11.7. The smallest absolute Gasteiger partial charge is 0.412 e. The molecule has 0 spiro atoms. The highest BCUT2D eigenvalue weighted by atomic mass is 16.6. The maximum atomic E-state index is 12.7. The number of hydroxylamine groups is 1. The minimum atomic E-state index is -0.802. The topological polar surface area (TPSA) is 117 Å². The Balaban J connectivity index is 1.90. The number of allylic oxidation sites excluding steroid dienone is 1. The van der Waals surface area contributed by atoms with E-state index in [1.54, 1.807) is 48.5 Å². The van der Waals surface area contributed by atoms with E-state index < -0.39 is 24.2 Å². The molecule has 0 saturated heterocycles. The Kier molecular flexibility index (Phi) is 8.40. The lowest BCUT2D eigenvalue weighted by atomic mass is 9.94. The molecule has 0 saturated carbocycles. The summed E-state index contributed by atoms with van der Waals surface area (Å²) in [4.78, 5) is 23.9. The van der Waals surface area contributed by atoms with E-state index in [-0.39, 0.29) is 5.75 Å². The molecule has 8 nitrogen and oxygen atoms in total. The molecule has 172 valence electrons. The maximum Gasteiger partial charge on any atom is 0.412 e. The van der Waals surface area contributed by atoms with Gasteiger partial charge in [0.05, 0.1) is 6.10 Å². The Hall–Kier alpha value is -3.88. The fourth-order valence-corrected chi connectivity index (χ4v) is 3.56. The molecule has 8 heteroatoms. The third-order valence-corrected chi connectivity index (χ3v) is 5.13. The molecule has 0 aromatic heterocycles. The highest BCUT2D eigenvalue weighted by Crippen LogP contribution is 2.36. The van der Waals surface area contributed by atoms with E-state index in [1.807, 2.05) is 24.3 Å². The molecule has 4 N–H and O–H groups in total. The molecule has 3 rings (SSSR count). The van der Waals surface area contributed by atoms with Gasteiger partial charge < -0.3 is 14.6 Å². The normalized spacial score (nSPS) is 12.9. The van der Waals surface area contributed by atoms with Gasteiger partial charge in [-0.3, -0.25) is 15.3 Å². The number of nitrogens with one attached hydrogen (secondary N) is 2. The van der Waals surface area contributed by atoms with Crippen LogP contribution in [0.1, 0.15) is 24.5 Å². The summed E-state index contributed by atoms with van der Waals surface area (Å²) >= 11 is 0. The molecule has 0 fully saturated rings. The van der Waals surface area contributed by atoms with Gasteiger partial charge in [-0.1, -0.05) is 54.6 Å². The van der Waals surface area contributed by atoms with E-state index >= 15 is 0 Å². The van der Waals surface area contributed by atoms with Crippen LogP contribution in [0.2, 0.25) is 0 Å². The molecule has 3 aromatic rings. The van der Waals surface area contributed by atoms with E-state index in [1.165, 1.54) is 18.7 Å². The van der Waals surface area contributed by atoms with Crippen LogP contribution >= 0.6 is 0 Å². The number of hydrogen-bond acceptors (Lipinski definition) is 6. The summed E-state index contributed by atoms with van der Waals surface area (Å²) in [6.45, 7) is 0. The summed E-state index contributed by atoms with van der Waals surface area (Å²) < 4.78 is 11.5. The van der Waals surface area contributed by atoms with Crippen molar-refractivity contribution in [2.75, 3.05) is 12.4 Å². The number of para-hydroxylation sites is 1. The lowest BCUT2D eigenvalue weighted by molar-refractivity contribution is -0.124. The highest BCUT2D eigenvalue weighted by molar-refractivity contribution is 5.91. The number of benzene rings is 3. The zero-order valence-corrected chi connectivity index (χ0v) is 18.1. The molecular weight excluding hydrogens is 424 g/mol. The van der Waals surface area contributed by atoms with Gasteiger partial charge in [-0.25, -0.2) is 10.3 Å². The third-order valence-electron chi connectivity index (χ3n) is 5.13. The van der Waals surface area contributed by atoms with Gasteiger partial charge in [-0.05, 0) is 36.4 Å². The van der Waals surface area contributed by atoms with Crippen molar-refractivity contribution in [3.63, 3.8) is 0 Å². The van der Waals surface area contributed by atoms with Gasteiger partial charge in [-0.2, -0.15) is 0 Å². The van der Waals surface area contributed by atoms with Crippen LogP contribution in [0.25, 0.3) is 10.8 Å².